The molecular formula is C18H17Cl2NO5. The summed E-state index contributed by atoms with van der Waals surface area (Å²) in [7, 11) is 1.55. The average molecular weight is 398 g/mol. The molecule has 0 radical (unpaired) electrons. The van der Waals surface area contributed by atoms with E-state index >= 15 is 0 Å². The standard InChI is InChI=1S/C18H17Cl2NO5/c1-11(18(23)21-16-9-12(19)3-8-15(16)20)26-17(22)10-25-14-6-4-13(24-2)5-7-14/h3-9,11H,10H2,1-2H3,(H,21,23). The molecule has 1 unspecified atom stereocenters. The molecule has 26 heavy (non-hydrogen) atoms. The highest BCUT2D eigenvalue weighted by molar-refractivity contribution is 6.35. The van der Waals surface area contributed by atoms with Gasteiger partial charge >= 0.3 is 5.97 Å². The van der Waals surface area contributed by atoms with Gasteiger partial charge in [0.2, 0.25) is 0 Å². The minimum Gasteiger partial charge on any atom is -0.497 e. The fourth-order valence-corrected chi connectivity index (χ4v) is 2.26. The normalized spacial score (nSPS) is 11.4. The Labute approximate surface area is 160 Å². The van der Waals surface area contributed by atoms with E-state index in [2.05, 4.69) is 5.32 Å². The topological polar surface area (TPSA) is 73.9 Å². The van der Waals surface area contributed by atoms with Crippen molar-refractivity contribution < 1.29 is 23.8 Å². The molecule has 2 rings (SSSR count). The first kappa shape index (κ1) is 19.9. The van der Waals surface area contributed by atoms with E-state index in [0.29, 0.717) is 27.2 Å². The molecule has 1 amide bonds. The van der Waals surface area contributed by atoms with Crippen LogP contribution in [0.15, 0.2) is 42.5 Å². The predicted octanol–water partition coefficient (Wildman–Crippen LogP) is 3.95. The Morgan fingerprint density at radius 2 is 1.73 bits per heavy atom. The first-order chi connectivity index (χ1) is 12.4. The van der Waals surface area contributed by atoms with Crippen molar-refractivity contribution in [3.63, 3.8) is 0 Å². The van der Waals surface area contributed by atoms with Crippen LogP contribution < -0.4 is 14.8 Å². The summed E-state index contributed by atoms with van der Waals surface area (Å²) in [6.07, 6.45) is -1.03. The number of halogens is 2. The molecule has 0 aliphatic heterocycles. The zero-order chi connectivity index (χ0) is 19.1. The molecule has 8 heteroatoms. The van der Waals surface area contributed by atoms with Crippen LogP contribution in [-0.2, 0) is 14.3 Å². The van der Waals surface area contributed by atoms with Crippen LogP contribution >= 0.6 is 23.2 Å². The first-order valence-electron chi connectivity index (χ1n) is 7.61. The van der Waals surface area contributed by atoms with Gasteiger partial charge in [-0.15, -0.1) is 0 Å². The molecule has 1 atom stereocenters. The van der Waals surface area contributed by atoms with Gasteiger partial charge in [-0.2, -0.15) is 0 Å². The number of amides is 1. The number of benzene rings is 2. The second kappa shape index (κ2) is 9.31. The van der Waals surface area contributed by atoms with Crippen molar-refractivity contribution in [1.82, 2.24) is 0 Å². The maximum atomic E-state index is 12.1. The quantitative estimate of drug-likeness (QED) is 0.715. The monoisotopic (exact) mass is 397 g/mol. The lowest BCUT2D eigenvalue weighted by Gasteiger charge is -2.14. The van der Waals surface area contributed by atoms with E-state index < -0.39 is 18.0 Å². The highest BCUT2D eigenvalue weighted by atomic mass is 35.5. The summed E-state index contributed by atoms with van der Waals surface area (Å²) in [4.78, 5) is 23.9. The fourth-order valence-electron chi connectivity index (χ4n) is 1.93. The van der Waals surface area contributed by atoms with Crippen molar-refractivity contribution >= 4 is 40.8 Å². The molecule has 0 fully saturated rings. The predicted molar refractivity (Wildman–Crippen MR) is 99.1 cm³/mol. The SMILES string of the molecule is COc1ccc(OCC(=O)OC(C)C(=O)Nc2cc(Cl)ccc2Cl)cc1. The maximum absolute atomic E-state index is 12.1. The molecule has 0 bridgehead atoms. The van der Waals surface area contributed by atoms with Gasteiger partial charge in [-0.25, -0.2) is 4.79 Å². The van der Waals surface area contributed by atoms with Crippen molar-refractivity contribution in [2.45, 2.75) is 13.0 Å². The number of carbonyl (C=O) groups is 2. The molecule has 6 nitrogen and oxygen atoms in total. The van der Waals surface area contributed by atoms with Gasteiger partial charge in [-0.1, -0.05) is 23.2 Å². The van der Waals surface area contributed by atoms with E-state index in [9.17, 15) is 9.59 Å². The third-order valence-electron chi connectivity index (χ3n) is 3.28. The Balaban J connectivity index is 1.83. The van der Waals surface area contributed by atoms with Crippen LogP contribution in [0.5, 0.6) is 11.5 Å². The van der Waals surface area contributed by atoms with Crippen molar-refractivity contribution in [3.05, 3.63) is 52.5 Å². The Morgan fingerprint density at radius 3 is 2.38 bits per heavy atom. The van der Waals surface area contributed by atoms with Gasteiger partial charge in [-0.05, 0) is 49.4 Å². The van der Waals surface area contributed by atoms with Gasteiger partial charge in [0.1, 0.15) is 11.5 Å². The largest absolute Gasteiger partial charge is 0.497 e. The molecule has 0 aromatic heterocycles. The number of nitrogens with one attached hydrogen (secondary N) is 1. The van der Waals surface area contributed by atoms with Crippen LogP contribution in [0.1, 0.15) is 6.92 Å². The summed E-state index contributed by atoms with van der Waals surface area (Å²) in [5, 5.41) is 3.30. The number of hydrogen-bond acceptors (Lipinski definition) is 5. The van der Waals surface area contributed by atoms with Gasteiger partial charge in [0, 0.05) is 5.02 Å². The molecule has 1 N–H and O–H groups in total. The molecule has 0 saturated carbocycles. The van der Waals surface area contributed by atoms with Crippen molar-refractivity contribution in [3.8, 4) is 11.5 Å². The van der Waals surface area contributed by atoms with E-state index in [-0.39, 0.29) is 6.61 Å². The van der Waals surface area contributed by atoms with Crippen LogP contribution in [0.25, 0.3) is 0 Å². The first-order valence-corrected chi connectivity index (χ1v) is 8.37. The summed E-state index contributed by atoms with van der Waals surface area (Å²) in [6.45, 7) is 1.11. The van der Waals surface area contributed by atoms with Crippen LogP contribution in [-0.4, -0.2) is 31.7 Å². The van der Waals surface area contributed by atoms with E-state index in [1.807, 2.05) is 0 Å². The van der Waals surface area contributed by atoms with E-state index in [0.717, 1.165) is 0 Å². The van der Waals surface area contributed by atoms with Crippen molar-refractivity contribution in [2.24, 2.45) is 0 Å². The third-order valence-corrected chi connectivity index (χ3v) is 3.84. The number of ether oxygens (including phenoxy) is 3. The summed E-state index contributed by atoms with van der Waals surface area (Å²) >= 11 is 11.8. The Bertz CT molecular complexity index is 780. The average Bonchev–Trinajstić information content (AvgIpc) is 2.63. The van der Waals surface area contributed by atoms with E-state index in [4.69, 9.17) is 37.4 Å². The maximum Gasteiger partial charge on any atom is 0.344 e. The highest BCUT2D eigenvalue weighted by Gasteiger charge is 2.19. The van der Waals surface area contributed by atoms with E-state index in [1.54, 1.807) is 43.5 Å². The van der Waals surface area contributed by atoms with Gasteiger partial charge < -0.3 is 19.5 Å². The third kappa shape index (κ3) is 5.82. The fraction of sp³-hybridized carbons (Fsp3) is 0.222. The Morgan fingerprint density at radius 1 is 1.08 bits per heavy atom. The zero-order valence-electron chi connectivity index (χ0n) is 14.1. The lowest BCUT2D eigenvalue weighted by molar-refractivity contribution is -0.155. The number of rotatable bonds is 7. The zero-order valence-corrected chi connectivity index (χ0v) is 15.6. The van der Waals surface area contributed by atoms with Crippen molar-refractivity contribution in [2.75, 3.05) is 19.0 Å². The smallest absolute Gasteiger partial charge is 0.344 e. The molecule has 0 aliphatic carbocycles. The minimum absolute atomic E-state index is 0.323. The van der Waals surface area contributed by atoms with Gasteiger partial charge in [-0.3, -0.25) is 4.79 Å². The summed E-state index contributed by atoms with van der Waals surface area (Å²) in [5.41, 5.74) is 0.335. The molecule has 0 heterocycles. The summed E-state index contributed by atoms with van der Waals surface area (Å²) in [5.74, 6) is -0.0666. The van der Waals surface area contributed by atoms with Gasteiger partial charge in [0.15, 0.2) is 12.7 Å². The number of carbonyl (C=O) groups excluding carboxylic acids is 2. The highest BCUT2D eigenvalue weighted by Crippen LogP contribution is 2.25. The van der Waals surface area contributed by atoms with Crippen LogP contribution in [0.3, 0.4) is 0 Å². The lowest BCUT2D eigenvalue weighted by atomic mass is 10.3. The molecule has 2 aromatic carbocycles. The minimum atomic E-state index is -1.03. The van der Waals surface area contributed by atoms with Gasteiger partial charge in [0.25, 0.3) is 5.91 Å². The van der Waals surface area contributed by atoms with E-state index in [1.165, 1.54) is 13.0 Å². The molecule has 2 aromatic rings. The second-order valence-corrected chi connectivity index (χ2v) is 6.05. The molecule has 138 valence electrons. The summed E-state index contributed by atoms with van der Waals surface area (Å²) in [6, 6.07) is 11.4. The van der Waals surface area contributed by atoms with Crippen LogP contribution in [0.2, 0.25) is 10.0 Å². The number of anilines is 1. The van der Waals surface area contributed by atoms with Crippen LogP contribution in [0.4, 0.5) is 5.69 Å². The van der Waals surface area contributed by atoms with Crippen LogP contribution in [0, 0.1) is 0 Å². The van der Waals surface area contributed by atoms with Crippen molar-refractivity contribution in [1.29, 1.82) is 0 Å². The Kier molecular flexibility index (Phi) is 7.12. The Hall–Kier alpha value is -2.44. The molecule has 0 spiro atoms. The van der Waals surface area contributed by atoms with Gasteiger partial charge in [0.05, 0.1) is 17.8 Å². The number of methoxy groups -OCH3 is 1. The lowest BCUT2D eigenvalue weighted by Crippen LogP contribution is -2.31. The summed E-state index contributed by atoms with van der Waals surface area (Å²) < 4.78 is 15.4. The molecule has 0 saturated heterocycles. The molecule has 0 aliphatic rings. The number of esters is 1. The number of hydrogen-bond donors (Lipinski definition) is 1. The second-order valence-electron chi connectivity index (χ2n) is 5.21. The molecular weight excluding hydrogens is 381 g/mol.